The summed E-state index contributed by atoms with van der Waals surface area (Å²) in [6.45, 7) is 6.15. The van der Waals surface area contributed by atoms with E-state index >= 15 is 0 Å². The van der Waals surface area contributed by atoms with Gasteiger partial charge in [0.05, 0.1) is 28.6 Å². The van der Waals surface area contributed by atoms with E-state index in [0.717, 1.165) is 74.2 Å². The summed E-state index contributed by atoms with van der Waals surface area (Å²) < 4.78 is 11.0. The van der Waals surface area contributed by atoms with Gasteiger partial charge in [-0.3, -0.25) is 15.1 Å². The second kappa shape index (κ2) is 8.88. The Kier molecular flexibility index (Phi) is 5.21. The van der Waals surface area contributed by atoms with Crippen LogP contribution in [0.1, 0.15) is 30.3 Å². The Labute approximate surface area is 219 Å². The molecule has 7 rings (SSSR count). The largest absolute Gasteiger partial charge is 0.454 e. The first-order chi connectivity index (χ1) is 18.7. The summed E-state index contributed by atoms with van der Waals surface area (Å²) in [4.78, 5) is 14.2. The Bertz CT molecular complexity index is 1700. The van der Waals surface area contributed by atoms with Crippen LogP contribution in [-0.4, -0.2) is 39.2 Å². The molecule has 188 valence electrons. The van der Waals surface area contributed by atoms with Crippen molar-refractivity contribution in [1.82, 2.24) is 25.5 Å². The van der Waals surface area contributed by atoms with E-state index in [1.54, 1.807) is 6.21 Å². The van der Waals surface area contributed by atoms with Gasteiger partial charge in [0, 0.05) is 35.4 Å². The van der Waals surface area contributed by atoms with Crippen LogP contribution in [0, 0.1) is 0 Å². The third-order valence-electron chi connectivity index (χ3n) is 6.90. The van der Waals surface area contributed by atoms with Crippen molar-refractivity contribution in [2.24, 2.45) is 4.99 Å². The smallest absolute Gasteiger partial charge is 0.231 e. The zero-order chi connectivity index (χ0) is 25.6. The molecule has 5 heterocycles. The van der Waals surface area contributed by atoms with Gasteiger partial charge in [-0.15, -0.1) is 0 Å². The molecule has 2 aliphatic heterocycles. The third-order valence-corrected chi connectivity index (χ3v) is 6.90. The minimum Gasteiger partial charge on any atom is -0.454 e. The highest BCUT2D eigenvalue weighted by atomic mass is 16.7. The maximum Gasteiger partial charge on any atom is 0.231 e. The van der Waals surface area contributed by atoms with Gasteiger partial charge in [-0.05, 0) is 56.2 Å². The van der Waals surface area contributed by atoms with Crippen LogP contribution in [0.25, 0.3) is 33.7 Å². The lowest BCUT2D eigenvalue weighted by Crippen LogP contribution is -2.10. The van der Waals surface area contributed by atoms with Crippen molar-refractivity contribution in [3.8, 4) is 22.8 Å². The van der Waals surface area contributed by atoms with Crippen molar-refractivity contribution in [1.29, 1.82) is 0 Å². The number of fused-ring (bicyclic) bond motifs is 3. The summed E-state index contributed by atoms with van der Waals surface area (Å²) >= 11 is 0. The fraction of sp³-hybridized carbons (Fsp3) is 0.172. The van der Waals surface area contributed by atoms with Crippen molar-refractivity contribution in [2.75, 3.05) is 12.1 Å². The minimum atomic E-state index is 0.245. The van der Waals surface area contributed by atoms with E-state index in [0.29, 0.717) is 12.5 Å². The number of H-pyrrole nitrogens is 1. The lowest BCUT2D eigenvalue weighted by molar-refractivity contribution is 0.174. The Balaban J connectivity index is 1.21. The fourth-order valence-electron chi connectivity index (χ4n) is 4.77. The number of pyridine rings is 2. The predicted octanol–water partition coefficient (Wildman–Crippen LogP) is 5.06. The van der Waals surface area contributed by atoms with Gasteiger partial charge < -0.3 is 20.1 Å². The number of aromatic amines is 1. The van der Waals surface area contributed by atoms with Gasteiger partial charge in [0.1, 0.15) is 16.9 Å². The lowest BCUT2D eigenvalue weighted by atomic mass is 9.97. The number of allylic oxidation sites excluding steroid dienone is 1. The standard InChI is InChI=1S/C29H25N7O2/c1-3-30-24(14-32-23-12-16(23)2)20-7-8-22-28(34-20)29(36-35-22)21-6-5-18-19(33-21)10-11-31-27(18)17-4-9-25-26(13-17)38-15-37-25/h3-4,6-11,13-14,23,32-33H,2,5,12,15H2,1H3,(H,35,36)/b24-14-,30-3?/t23-/m0/s1. The van der Waals surface area contributed by atoms with Gasteiger partial charge in [0.2, 0.25) is 6.79 Å². The second-order valence-electron chi connectivity index (χ2n) is 9.36. The number of nitrogens with zero attached hydrogens (tertiary/aromatic N) is 4. The average Bonchev–Trinajstić information content (AvgIpc) is 3.30. The van der Waals surface area contributed by atoms with E-state index in [-0.39, 0.29) is 6.79 Å². The van der Waals surface area contributed by atoms with Gasteiger partial charge in [-0.25, -0.2) is 4.98 Å². The molecular weight excluding hydrogens is 478 g/mol. The summed E-state index contributed by atoms with van der Waals surface area (Å²) in [6.07, 6.45) is 9.32. The fourth-order valence-corrected chi connectivity index (χ4v) is 4.77. The maximum absolute atomic E-state index is 5.57. The molecule has 0 unspecified atom stereocenters. The van der Waals surface area contributed by atoms with Gasteiger partial charge in [0.15, 0.2) is 11.5 Å². The van der Waals surface area contributed by atoms with E-state index < -0.39 is 0 Å². The molecule has 0 amide bonds. The van der Waals surface area contributed by atoms with Gasteiger partial charge in [0.25, 0.3) is 0 Å². The molecule has 0 radical (unpaired) electrons. The molecule has 3 aliphatic rings. The second-order valence-corrected chi connectivity index (χ2v) is 9.36. The number of aliphatic imine (C=N–C) groups is 1. The summed E-state index contributed by atoms with van der Waals surface area (Å²) in [5, 5.41) is 14.6. The first kappa shape index (κ1) is 22.3. The lowest BCUT2D eigenvalue weighted by Gasteiger charge is -2.20. The Morgan fingerprint density at radius 1 is 1.16 bits per heavy atom. The van der Waals surface area contributed by atoms with E-state index in [2.05, 4.69) is 43.5 Å². The number of aromatic nitrogens is 4. The molecule has 0 spiro atoms. The van der Waals surface area contributed by atoms with Crippen LogP contribution in [0.15, 0.2) is 72.0 Å². The molecule has 1 aromatic carbocycles. The Morgan fingerprint density at radius 3 is 2.92 bits per heavy atom. The molecule has 1 aliphatic carbocycles. The summed E-state index contributed by atoms with van der Waals surface area (Å²) in [5.74, 6) is 1.50. The highest BCUT2D eigenvalue weighted by Gasteiger charge is 2.26. The van der Waals surface area contributed by atoms with Crippen molar-refractivity contribution in [2.45, 2.75) is 25.8 Å². The molecule has 3 aromatic heterocycles. The molecule has 9 nitrogen and oxygen atoms in total. The van der Waals surface area contributed by atoms with Crippen molar-refractivity contribution in [3.63, 3.8) is 0 Å². The van der Waals surface area contributed by atoms with Crippen LogP contribution < -0.4 is 20.1 Å². The molecule has 0 bridgehead atoms. The normalized spacial score (nSPS) is 17.9. The van der Waals surface area contributed by atoms with Gasteiger partial charge >= 0.3 is 0 Å². The zero-order valence-electron chi connectivity index (χ0n) is 20.8. The minimum absolute atomic E-state index is 0.245. The third kappa shape index (κ3) is 3.88. The van der Waals surface area contributed by atoms with Crippen molar-refractivity contribution in [3.05, 3.63) is 84.0 Å². The number of anilines is 1. The van der Waals surface area contributed by atoms with Gasteiger partial charge in [-0.1, -0.05) is 18.2 Å². The zero-order valence-corrected chi connectivity index (χ0v) is 20.8. The van der Waals surface area contributed by atoms with Crippen LogP contribution in [0.3, 0.4) is 0 Å². The van der Waals surface area contributed by atoms with Crippen LogP contribution in [-0.2, 0) is 6.42 Å². The molecule has 4 aromatic rings. The number of benzene rings is 1. The first-order valence-electron chi connectivity index (χ1n) is 12.5. The van der Waals surface area contributed by atoms with Crippen LogP contribution in [0.5, 0.6) is 11.5 Å². The summed E-state index contributed by atoms with van der Waals surface area (Å²) in [6, 6.07) is 12.2. The maximum atomic E-state index is 5.57. The Hall–Kier alpha value is -4.92. The van der Waals surface area contributed by atoms with Crippen molar-refractivity contribution < 1.29 is 9.47 Å². The molecular formula is C29H25N7O2. The number of nitrogens with one attached hydrogen (secondary N) is 3. The van der Waals surface area contributed by atoms with E-state index in [1.807, 2.05) is 55.7 Å². The molecule has 38 heavy (non-hydrogen) atoms. The number of rotatable bonds is 6. The molecule has 3 N–H and O–H groups in total. The number of ether oxygens (including phenoxy) is 2. The highest BCUT2D eigenvalue weighted by Crippen LogP contribution is 2.39. The summed E-state index contributed by atoms with van der Waals surface area (Å²) in [5.41, 5.74) is 10.0. The highest BCUT2D eigenvalue weighted by molar-refractivity contribution is 5.93. The number of hydrogen-bond donors (Lipinski definition) is 3. The molecule has 1 fully saturated rings. The summed E-state index contributed by atoms with van der Waals surface area (Å²) in [7, 11) is 0. The number of hydrogen-bond acceptors (Lipinski definition) is 8. The van der Waals surface area contributed by atoms with E-state index in [4.69, 9.17) is 14.5 Å². The van der Waals surface area contributed by atoms with E-state index in [1.165, 1.54) is 5.57 Å². The quantitative estimate of drug-likeness (QED) is 0.249. The SMILES string of the molecule is C=C1C[C@@H]1N/C=C(\N=CC)c1ccc2[nH]nc(C3=CCc4c(ccnc4-c4ccc5c(c4)OCO5)N3)c2n1. The van der Waals surface area contributed by atoms with Crippen LogP contribution in [0.2, 0.25) is 0 Å². The molecule has 0 saturated heterocycles. The van der Waals surface area contributed by atoms with Gasteiger partial charge in [-0.2, -0.15) is 5.10 Å². The van der Waals surface area contributed by atoms with E-state index in [9.17, 15) is 0 Å². The van der Waals surface area contributed by atoms with Crippen LogP contribution >= 0.6 is 0 Å². The molecule has 9 heteroatoms. The topological polar surface area (TPSA) is 109 Å². The van der Waals surface area contributed by atoms with Crippen molar-refractivity contribution >= 4 is 34.3 Å². The first-order valence-corrected chi connectivity index (χ1v) is 12.5. The monoisotopic (exact) mass is 503 g/mol. The average molecular weight is 504 g/mol. The molecule has 1 saturated carbocycles. The predicted molar refractivity (Wildman–Crippen MR) is 148 cm³/mol. The van der Waals surface area contributed by atoms with Crippen LogP contribution in [0.4, 0.5) is 5.69 Å². The molecule has 1 atom stereocenters. The Morgan fingerprint density at radius 2 is 2.05 bits per heavy atom.